The van der Waals surface area contributed by atoms with Crippen LogP contribution in [0.25, 0.3) is 31.0 Å². The van der Waals surface area contributed by atoms with Gasteiger partial charge in [-0.1, -0.05) is 45.0 Å². The Labute approximate surface area is 427 Å². The molecule has 0 aliphatic carbocycles. The summed E-state index contributed by atoms with van der Waals surface area (Å²) in [5.41, 5.74) is 5.83. The first-order chi connectivity index (χ1) is 34.5. The molecule has 1 saturated heterocycles. The number of aryl methyl sites for hydroxylation is 1. The molecule has 1 aliphatic rings. The van der Waals surface area contributed by atoms with Crippen molar-refractivity contribution in [2.24, 2.45) is 5.41 Å². The molecule has 7 rings (SSSR count). The highest BCUT2D eigenvalue weighted by Gasteiger charge is 2.44. The molecule has 0 unspecified atom stereocenters. The smallest absolute Gasteiger partial charge is 0.246 e. The lowest BCUT2D eigenvalue weighted by Crippen LogP contribution is -2.58. The molecule has 0 radical (unpaired) electrons. The van der Waals surface area contributed by atoms with Crippen LogP contribution in [0, 0.1) is 12.3 Å². The number of aromatic nitrogens is 1. The third-order valence-electron chi connectivity index (χ3n) is 12.2. The largest absolute Gasteiger partial charge is 0.508 e. The highest BCUT2D eigenvalue weighted by molar-refractivity contribution is 7.22. The van der Waals surface area contributed by atoms with E-state index < -0.39 is 35.4 Å². The van der Waals surface area contributed by atoms with Gasteiger partial charge in [0.2, 0.25) is 17.7 Å². The van der Waals surface area contributed by atoms with Gasteiger partial charge in [0.25, 0.3) is 0 Å². The number of aliphatic hydroxyl groups is 1. The van der Waals surface area contributed by atoms with Crippen LogP contribution in [-0.4, -0.2) is 145 Å². The number of likely N-dealkylation sites (N-methyl/N-ethyl adjacent to an activating group) is 1. The Hall–Kier alpha value is -6.25. The number of β-amino-alcohol motifs (C(OH)–C–C–N with tert-alkyl or cyclic N) is 1. The van der Waals surface area contributed by atoms with E-state index in [1.165, 1.54) is 16.2 Å². The van der Waals surface area contributed by atoms with E-state index in [2.05, 4.69) is 20.5 Å². The molecule has 1 aliphatic heterocycles. The minimum Gasteiger partial charge on any atom is -0.508 e. The second-order valence-corrected chi connectivity index (χ2v) is 20.7. The van der Waals surface area contributed by atoms with Gasteiger partial charge in [-0.25, -0.2) is 4.98 Å². The van der Waals surface area contributed by atoms with Gasteiger partial charge in [0.1, 0.15) is 42.5 Å². The van der Waals surface area contributed by atoms with E-state index in [-0.39, 0.29) is 62.5 Å². The standard InChI is InChI=1S/C54H63N5O11S2/c1-34-49(71-33-56-34)37-8-6-35(7-9-37)30-55-52(65)44-28-41(62)31-59(44)53(66)51(54(2,3)4)57-46(63)32-69-27-26-68-25-24-67-22-20-58(5)21-23-70-42-17-12-36(13-18-42)48(64)47-43-19-16-40(61)29-45(43)72-50(47)38-10-14-39(60)15-11-38/h6-19,29,33,41,44,51,60-62H,20-28,30-32H2,1-5H3,(H,55,65)(H,57,63)/t41-,44+,51-/m1/s1. The van der Waals surface area contributed by atoms with E-state index in [0.29, 0.717) is 56.4 Å². The molecule has 4 aromatic carbocycles. The molecule has 6 aromatic rings. The number of phenolic OH excluding ortho intramolecular Hbond substituents is 2. The van der Waals surface area contributed by atoms with E-state index in [0.717, 1.165) is 42.2 Å². The molecule has 3 heterocycles. The van der Waals surface area contributed by atoms with Crippen LogP contribution in [0.5, 0.6) is 17.2 Å². The number of ketones is 1. The van der Waals surface area contributed by atoms with Gasteiger partial charge in [-0.3, -0.25) is 19.2 Å². The lowest BCUT2D eigenvalue weighted by atomic mass is 9.85. The molecule has 5 N–H and O–H groups in total. The topological polar surface area (TPSA) is 209 Å². The van der Waals surface area contributed by atoms with Crippen molar-refractivity contribution in [3.63, 3.8) is 0 Å². The number of amides is 3. The van der Waals surface area contributed by atoms with Gasteiger partial charge in [0, 0.05) is 58.7 Å². The van der Waals surface area contributed by atoms with E-state index in [9.17, 15) is 34.5 Å². The number of carbonyl (C=O) groups is 4. The molecular weight excluding hydrogens is 959 g/mol. The van der Waals surface area contributed by atoms with Crippen molar-refractivity contribution in [3.8, 4) is 38.1 Å². The molecule has 0 saturated carbocycles. The summed E-state index contributed by atoms with van der Waals surface area (Å²) in [5, 5.41) is 36.9. The number of ether oxygens (including phenoxy) is 4. The fourth-order valence-electron chi connectivity index (χ4n) is 8.21. The minimum absolute atomic E-state index is 0.0227. The van der Waals surface area contributed by atoms with E-state index in [1.807, 2.05) is 64.5 Å². The van der Waals surface area contributed by atoms with Gasteiger partial charge in [-0.05, 0) is 103 Å². The number of nitrogens with zero attached hydrogens (tertiary/aromatic N) is 3. The van der Waals surface area contributed by atoms with Crippen LogP contribution in [0.1, 0.15) is 54.4 Å². The molecule has 72 heavy (non-hydrogen) atoms. The van der Waals surface area contributed by atoms with Crippen molar-refractivity contribution in [3.05, 3.63) is 119 Å². The Kier molecular flexibility index (Phi) is 18.5. The van der Waals surface area contributed by atoms with Crippen molar-refractivity contribution in [1.29, 1.82) is 0 Å². The highest BCUT2D eigenvalue weighted by atomic mass is 32.1. The summed E-state index contributed by atoms with van der Waals surface area (Å²) in [4.78, 5) is 63.9. The van der Waals surface area contributed by atoms with E-state index in [1.54, 1.807) is 78.1 Å². The van der Waals surface area contributed by atoms with Gasteiger partial charge < -0.3 is 54.7 Å². The van der Waals surface area contributed by atoms with Crippen molar-refractivity contribution >= 4 is 56.3 Å². The zero-order valence-corrected chi connectivity index (χ0v) is 42.9. The molecule has 16 nitrogen and oxygen atoms in total. The lowest BCUT2D eigenvalue weighted by Gasteiger charge is -2.35. The number of aliphatic hydroxyl groups excluding tert-OH is 1. The predicted octanol–water partition coefficient (Wildman–Crippen LogP) is 6.81. The van der Waals surface area contributed by atoms with Crippen LogP contribution in [0.3, 0.4) is 0 Å². The number of carbonyl (C=O) groups excluding carboxylic acids is 4. The maximum absolute atomic E-state index is 14.0. The molecule has 0 spiro atoms. The number of rotatable bonds is 24. The van der Waals surface area contributed by atoms with Crippen LogP contribution in [-0.2, 0) is 35.1 Å². The Morgan fingerprint density at radius 2 is 1.46 bits per heavy atom. The number of hydrogen-bond acceptors (Lipinski definition) is 15. The number of benzene rings is 4. The fraction of sp³-hybridized carbons (Fsp3) is 0.389. The van der Waals surface area contributed by atoms with Gasteiger partial charge in [0.15, 0.2) is 5.78 Å². The van der Waals surface area contributed by atoms with Gasteiger partial charge in [0.05, 0.1) is 55.2 Å². The number of aromatic hydroxyl groups is 2. The maximum atomic E-state index is 14.0. The van der Waals surface area contributed by atoms with E-state index >= 15 is 0 Å². The quantitative estimate of drug-likeness (QED) is 0.0312. The Bertz CT molecular complexity index is 2770. The summed E-state index contributed by atoms with van der Waals surface area (Å²) >= 11 is 2.98. The second kappa shape index (κ2) is 24.9. The molecule has 18 heteroatoms. The van der Waals surface area contributed by atoms with Crippen molar-refractivity contribution < 1.29 is 53.4 Å². The Balaban J connectivity index is 0.750. The molecule has 0 bridgehead atoms. The second-order valence-electron chi connectivity index (χ2n) is 18.8. The summed E-state index contributed by atoms with van der Waals surface area (Å²) in [6.07, 6.45) is -0.787. The van der Waals surface area contributed by atoms with Gasteiger partial charge in [-0.15, -0.1) is 22.7 Å². The number of fused-ring (bicyclic) bond motifs is 1. The number of likely N-dealkylation sites (tertiary alicyclic amines) is 1. The third kappa shape index (κ3) is 14.2. The average molecular weight is 1020 g/mol. The summed E-state index contributed by atoms with van der Waals surface area (Å²) in [6.45, 7) is 10.7. The molecule has 3 amide bonds. The van der Waals surface area contributed by atoms with Crippen molar-refractivity contribution in [2.75, 3.05) is 72.9 Å². The zero-order valence-electron chi connectivity index (χ0n) is 41.2. The monoisotopic (exact) mass is 1020 g/mol. The normalized spacial score (nSPS) is 15.2. The Morgan fingerprint density at radius 3 is 2.14 bits per heavy atom. The van der Waals surface area contributed by atoms with Crippen LogP contribution < -0.4 is 15.4 Å². The summed E-state index contributed by atoms with van der Waals surface area (Å²) in [6, 6.07) is 24.7. The SMILES string of the molecule is Cc1ncsc1-c1ccc(CNC(=O)[C@@H]2C[C@@H](O)CN2C(=O)[C@@H](NC(=O)COCCOCCOCCN(C)CCOc2ccc(C(=O)c3c(-c4ccc(O)cc4)sc4cc(O)ccc34)cc2)C(C)(C)C)cc1. The van der Waals surface area contributed by atoms with Gasteiger partial charge in [-0.2, -0.15) is 0 Å². The Morgan fingerprint density at radius 1 is 0.819 bits per heavy atom. The molecule has 1 fully saturated rings. The van der Waals surface area contributed by atoms with Crippen molar-refractivity contribution in [1.82, 2.24) is 25.4 Å². The average Bonchev–Trinajstić information content (AvgIpc) is 4.09. The first kappa shape index (κ1) is 53.5. The number of nitrogens with one attached hydrogen (secondary N) is 2. The van der Waals surface area contributed by atoms with Crippen LogP contribution in [0.4, 0.5) is 0 Å². The zero-order chi connectivity index (χ0) is 51.4. The molecule has 2 aromatic heterocycles. The number of thiazole rings is 1. The van der Waals surface area contributed by atoms with Crippen LogP contribution >= 0.6 is 22.7 Å². The number of phenols is 2. The highest BCUT2D eigenvalue weighted by Crippen LogP contribution is 2.41. The lowest BCUT2D eigenvalue weighted by molar-refractivity contribution is -0.144. The molecule has 382 valence electrons. The first-order valence-electron chi connectivity index (χ1n) is 23.8. The number of hydrogen-bond donors (Lipinski definition) is 5. The van der Waals surface area contributed by atoms with Crippen molar-refractivity contribution in [2.45, 2.75) is 58.8 Å². The van der Waals surface area contributed by atoms with E-state index in [4.69, 9.17) is 18.9 Å². The predicted molar refractivity (Wildman–Crippen MR) is 278 cm³/mol. The summed E-state index contributed by atoms with van der Waals surface area (Å²) in [5.74, 6) is -0.585. The third-order valence-corrected chi connectivity index (χ3v) is 14.4. The maximum Gasteiger partial charge on any atom is 0.246 e. The minimum atomic E-state index is -0.973. The van der Waals surface area contributed by atoms with Crippen LogP contribution in [0.2, 0.25) is 0 Å². The fourth-order valence-corrected chi connectivity index (χ4v) is 10.3. The number of thiophene rings is 1. The summed E-state index contributed by atoms with van der Waals surface area (Å²) in [7, 11) is 1.97. The molecular formula is C54H63N5O11S2. The summed E-state index contributed by atoms with van der Waals surface area (Å²) < 4.78 is 23.6. The molecule has 3 atom stereocenters. The van der Waals surface area contributed by atoms with Crippen LogP contribution in [0.15, 0.2) is 96.5 Å². The van der Waals surface area contributed by atoms with Gasteiger partial charge >= 0.3 is 0 Å². The first-order valence-corrected chi connectivity index (χ1v) is 25.5.